The molecule has 0 aromatic carbocycles. The monoisotopic (exact) mass is 442 g/mol. The molecule has 3 rings (SSSR count). The first-order valence-corrected chi connectivity index (χ1v) is 9.76. The summed E-state index contributed by atoms with van der Waals surface area (Å²) in [5, 5.41) is 79.4. The molecule has 8 N–H and O–H groups in total. The van der Waals surface area contributed by atoms with E-state index in [1.54, 1.807) is 0 Å². The van der Waals surface area contributed by atoms with Gasteiger partial charge in [0.1, 0.15) is 54.9 Å². The second-order valence-corrected chi connectivity index (χ2v) is 7.68. The van der Waals surface area contributed by atoms with Gasteiger partial charge in [-0.3, -0.25) is 0 Å². The largest absolute Gasteiger partial charge is 0.394 e. The van der Waals surface area contributed by atoms with Crippen LogP contribution >= 0.6 is 0 Å². The Hall–Kier alpha value is -0.520. The van der Waals surface area contributed by atoms with Gasteiger partial charge in [-0.2, -0.15) is 0 Å². The van der Waals surface area contributed by atoms with Gasteiger partial charge in [-0.25, -0.2) is 0 Å². The first-order chi connectivity index (χ1) is 14.3. The van der Waals surface area contributed by atoms with Crippen LogP contribution in [0.2, 0.25) is 0 Å². The molecule has 0 bridgehead atoms. The van der Waals surface area contributed by atoms with Crippen molar-refractivity contribution in [3.63, 3.8) is 0 Å². The average molecular weight is 442 g/mol. The summed E-state index contributed by atoms with van der Waals surface area (Å²) in [6.07, 6.45) is -16.0. The molecule has 3 heterocycles. The minimum Gasteiger partial charge on any atom is -0.394 e. The van der Waals surface area contributed by atoms with E-state index in [4.69, 9.17) is 23.7 Å². The smallest absolute Gasteiger partial charge is 0.187 e. The standard InChI is InChI=1S/C17H30O13/c18-2-9-12(24)13(25)15(30-16-7(21)1-6(20)4-27-16)17(28-9)29-14-10(3-19)26-5-8(22)11(14)23/h6-25H,1-5H2/t6-,7+,8-,9+,10+,11+,12+,13-,14-,15+,16-,17+/m0/s1. The first kappa shape index (κ1) is 24.1. The fraction of sp³-hybridized carbons (Fsp3) is 1.00. The van der Waals surface area contributed by atoms with E-state index in [9.17, 15) is 40.9 Å². The van der Waals surface area contributed by atoms with E-state index in [2.05, 4.69) is 0 Å². The van der Waals surface area contributed by atoms with E-state index in [0.717, 1.165) is 0 Å². The van der Waals surface area contributed by atoms with Crippen LogP contribution in [0.25, 0.3) is 0 Å². The number of hydrogen-bond donors (Lipinski definition) is 8. The van der Waals surface area contributed by atoms with Crippen LogP contribution in [-0.2, 0) is 23.7 Å². The van der Waals surface area contributed by atoms with Gasteiger partial charge >= 0.3 is 0 Å². The summed E-state index contributed by atoms with van der Waals surface area (Å²) in [7, 11) is 0. The molecule has 0 saturated carbocycles. The predicted molar refractivity (Wildman–Crippen MR) is 92.7 cm³/mol. The van der Waals surface area contributed by atoms with Gasteiger partial charge in [-0.15, -0.1) is 0 Å². The molecule has 3 fully saturated rings. The zero-order chi connectivity index (χ0) is 22.0. The first-order valence-electron chi connectivity index (χ1n) is 9.76. The summed E-state index contributed by atoms with van der Waals surface area (Å²) in [5.41, 5.74) is 0. The van der Waals surface area contributed by atoms with E-state index >= 15 is 0 Å². The van der Waals surface area contributed by atoms with Gasteiger partial charge < -0.3 is 64.5 Å². The van der Waals surface area contributed by atoms with Crippen LogP contribution in [0.5, 0.6) is 0 Å². The summed E-state index contributed by atoms with van der Waals surface area (Å²) >= 11 is 0. The van der Waals surface area contributed by atoms with Gasteiger partial charge in [0.05, 0.1) is 32.5 Å². The lowest BCUT2D eigenvalue weighted by molar-refractivity contribution is -0.368. The fourth-order valence-corrected chi connectivity index (χ4v) is 3.70. The minimum atomic E-state index is -1.65. The van der Waals surface area contributed by atoms with Crippen LogP contribution < -0.4 is 0 Å². The normalized spacial score (nSPS) is 50.4. The van der Waals surface area contributed by atoms with Gasteiger partial charge in [0.25, 0.3) is 0 Å². The van der Waals surface area contributed by atoms with Crippen molar-refractivity contribution >= 4 is 0 Å². The van der Waals surface area contributed by atoms with E-state index < -0.39 is 86.8 Å². The molecule has 0 aromatic heterocycles. The Morgan fingerprint density at radius 3 is 1.97 bits per heavy atom. The third-order valence-electron chi connectivity index (χ3n) is 5.45. The van der Waals surface area contributed by atoms with Crippen LogP contribution in [0.4, 0.5) is 0 Å². The predicted octanol–water partition coefficient (Wildman–Crippen LogP) is -5.22. The SMILES string of the molecule is OC[C@H]1O[C@H](O[C@@H]2[C@H](O)[C@@H](O)CO[C@@H]2CO)[C@H](O[C@@H]2OC[C@@H](O)C[C@H]2O)[C@@H](O)[C@@H]1O. The summed E-state index contributed by atoms with van der Waals surface area (Å²) < 4.78 is 27.2. The van der Waals surface area contributed by atoms with Gasteiger partial charge in [0, 0.05) is 6.42 Å². The van der Waals surface area contributed by atoms with Crippen molar-refractivity contribution in [2.24, 2.45) is 0 Å². The Bertz CT molecular complexity index is 536. The second-order valence-electron chi connectivity index (χ2n) is 7.68. The Labute approximate surface area is 171 Å². The van der Waals surface area contributed by atoms with E-state index in [0.29, 0.717) is 0 Å². The zero-order valence-electron chi connectivity index (χ0n) is 16.1. The molecule has 0 radical (unpaired) electrons. The van der Waals surface area contributed by atoms with Crippen molar-refractivity contribution in [2.45, 2.75) is 80.0 Å². The van der Waals surface area contributed by atoms with E-state index in [1.165, 1.54) is 0 Å². The Kier molecular flexibility index (Phi) is 8.36. The van der Waals surface area contributed by atoms with Crippen molar-refractivity contribution in [3.8, 4) is 0 Å². The lowest BCUT2D eigenvalue weighted by Gasteiger charge is -2.46. The summed E-state index contributed by atoms with van der Waals surface area (Å²) in [5.74, 6) is 0. The number of aliphatic hydroxyl groups is 8. The number of hydrogen-bond acceptors (Lipinski definition) is 13. The van der Waals surface area contributed by atoms with Crippen molar-refractivity contribution in [3.05, 3.63) is 0 Å². The lowest BCUT2D eigenvalue weighted by Crippen LogP contribution is -2.64. The molecule has 13 heteroatoms. The highest BCUT2D eigenvalue weighted by Gasteiger charge is 2.51. The molecular weight excluding hydrogens is 412 g/mol. The summed E-state index contributed by atoms with van der Waals surface area (Å²) in [6, 6.07) is 0. The van der Waals surface area contributed by atoms with Crippen LogP contribution in [0.3, 0.4) is 0 Å². The number of rotatable bonds is 6. The maximum Gasteiger partial charge on any atom is 0.187 e. The van der Waals surface area contributed by atoms with E-state index in [-0.39, 0.29) is 19.6 Å². The van der Waals surface area contributed by atoms with Crippen LogP contribution in [0, 0.1) is 0 Å². The maximum absolute atomic E-state index is 10.5. The van der Waals surface area contributed by atoms with Gasteiger partial charge in [0.2, 0.25) is 0 Å². The minimum absolute atomic E-state index is 0.0460. The Morgan fingerprint density at radius 1 is 0.667 bits per heavy atom. The Morgan fingerprint density at radius 2 is 1.33 bits per heavy atom. The molecule has 176 valence electrons. The molecule has 0 aromatic rings. The summed E-state index contributed by atoms with van der Waals surface area (Å²) in [4.78, 5) is 0. The van der Waals surface area contributed by atoms with E-state index in [1.807, 2.05) is 0 Å². The van der Waals surface area contributed by atoms with Crippen molar-refractivity contribution in [1.29, 1.82) is 0 Å². The Balaban J connectivity index is 1.78. The lowest BCUT2D eigenvalue weighted by atomic mass is 9.97. The second kappa shape index (κ2) is 10.4. The molecule has 30 heavy (non-hydrogen) atoms. The van der Waals surface area contributed by atoms with Crippen LogP contribution in [-0.4, -0.2) is 141 Å². The van der Waals surface area contributed by atoms with Crippen LogP contribution in [0.1, 0.15) is 6.42 Å². The molecule has 12 atom stereocenters. The molecule has 0 amide bonds. The quantitative estimate of drug-likeness (QED) is 0.194. The third-order valence-corrected chi connectivity index (χ3v) is 5.45. The highest BCUT2D eigenvalue weighted by atomic mass is 16.8. The molecular formula is C17H30O13. The van der Waals surface area contributed by atoms with Crippen LogP contribution in [0.15, 0.2) is 0 Å². The highest BCUT2D eigenvalue weighted by Crippen LogP contribution is 2.31. The van der Waals surface area contributed by atoms with Gasteiger partial charge in [-0.1, -0.05) is 0 Å². The van der Waals surface area contributed by atoms with Crippen molar-refractivity contribution in [2.75, 3.05) is 26.4 Å². The molecule has 3 aliphatic heterocycles. The topological polar surface area (TPSA) is 208 Å². The molecule has 0 spiro atoms. The number of aliphatic hydroxyl groups excluding tert-OH is 8. The molecule has 13 nitrogen and oxygen atoms in total. The molecule has 3 saturated heterocycles. The average Bonchev–Trinajstić information content (AvgIpc) is 2.72. The van der Waals surface area contributed by atoms with Crippen molar-refractivity contribution < 1.29 is 64.5 Å². The van der Waals surface area contributed by atoms with Gasteiger partial charge in [0.15, 0.2) is 12.6 Å². The summed E-state index contributed by atoms with van der Waals surface area (Å²) in [6.45, 7) is -1.59. The van der Waals surface area contributed by atoms with Crippen molar-refractivity contribution in [1.82, 2.24) is 0 Å². The number of ether oxygens (including phenoxy) is 5. The zero-order valence-corrected chi connectivity index (χ0v) is 16.1. The fourth-order valence-electron chi connectivity index (χ4n) is 3.70. The maximum atomic E-state index is 10.5. The third kappa shape index (κ3) is 5.10. The molecule has 0 unspecified atom stereocenters. The molecule has 0 aliphatic carbocycles. The highest BCUT2D eigenvalue weighted by molar-refractivity contribution is 4.94. The molecule has 3 aliphatic rings. The van der Waals surface area contributed by atoms with Gasteiger partial charge in [-0.05, 0) is 0 Å².